The Morgan fingerprint density at radius 3 is 2.44 bits per heavy atom. The first-order valence-corrected chi connectivity index (χ1v) is 8.95. The van der Waals surface area contributed by atoms with Crippen molar-refractivity contribution < 1.29 is 9.59 Å². The van der Waals surface area contributed by atoms with Gasteiger partial charge in [-0.1, -0.05) is 18.0 Å². The zero-order chi connectivity index (χ0) is 17.3. The molecule has 2 atom stereocenters. The smallest absolute Gasteiger partial charge is 0.252 e. The molecular weight excluding hydrogens is 361 g/mol. The Balaban J connectivity index is 0.00000225. The molecule has 2 unspecified atom stereocenters. The Labute approximate surface area is 159 Å². The van der Waals surface area contributed by atoms with Crippen molar-refractivity contribution in [3.8, 4) is 0 Å². The number of hydrogen-bond acceptors (Lipinski definition) is 3. The number of carbonyl (C=O) groups is 2. The summed E-state index contributed by atoms with van der Waals surface area (Å²) >= 11 is 6.05. The number of benzene rings is 1. The van der Waals surface area contributed by atoms with Gasteiger partial charge in [0.25, 0.3) is 5.91 Å². The van der Waals surface area contributed by atoms with Crippen molar-refractivity contribution in [1.82, 2.24) is 5.32 Å². The van der Waals surface area contributed by atoms with Gasteiger partial charge in [0.05, 0.1) is 10.6 Å². The summed E-state index contributed by atoms with van der Waals surface area (Å²) in [4.78, 5) is 24.5. The normalized spacial score (nSPS) is 27.8. The van der Waals surface area contributed by atoms with E-state index in [0.717, 1.165) is 25.7 Å². The molecule has 25 heavy (non-hydrogen) atoms. The molecular formula is C18H25Cl2N3O2. The minimum absolute atomic E-state index is 0. The molecule has 1 aromatic carbocycles. The van der Waals surface area contributed by atoms with Crippen LogP contribution in [0.1, 0.15) is 42.5 Å². The summed E-state index contributed by atoms with van der Waals surface area (Å²) in [5.74, 6) is 0.664. The molecule has 2 fully saturated rings. The molecule has 0 radical (unpaired) electrons. The summed E-state index contributed by atoms with van der Waals surface area (Å²) < 4.78 is 0. The highest BCUT2D eigenvalue weighted by Crippen LogP contribution is 2.42. The van der Waals surface area contributed by atoms with Crippen LogP contribution < -0.4 is 16.4 Å². The first kappa shape index (κ1) is 20.0. The molecule has 2 bridgehead atoms. The second kappa shape index (κ2) is 8.39. The van der Waals surface area contributed by atoms with Gasteiger partial charge in [0, 0.05) is 24.7 Å². The zero-order valence-corrected chi connectivity index (χ0v) is 15.8. The summed E-state index contributed by atoms with van der Waals surface area (Å²) in [6.07, 6.45) is 5.20. The number of fused-ring (bicyclic) bond motifs is 2. The summed E-state index contributed by atoms with van der Waals surface area (Å²) in [7, 11) is 1.55. The van der Waals surface area contributed by atoms with Crippen molar-refractivity contribution in [3.63, 3.8) is 0 Å². The van der Waals surface area contributed by atoms with Crippen LogP contribution in [0, 0.1) is 17.8 Å². The molecule has 0 saturated heterocycles. The van der Waals surface area contributed by atoms with Gasteiger partial charge in [0.2, 0.25) is 5.91 Å². The van der Waals surface area contributed by atoms with Gasteiger partial charge in [-0.25, -0.2) is 0 Å². The zero-order valence-electron chi connectivity index (χ0n) is 14.3. The molecule has 138 valence electrons. The van der Waals surface area contributed by atoms with E-state index in [1.165, 1.54) is 6.42 Å². The molecule has 2 aliphatic rings. The number of anilines is 1. The van der Waals surface area contributed by atoms with Crippen molar-refractivity contribution in [2.45, 2.75) is 38.1 Å². The van der Waals surface area contributed by atoms with Crippen LogP contribution in [-0.4, -0.2) is 24.9 Å². The van der Waals surface area contributed by atoms with Gasteiger partial charge >= 0.3 is 0 Å². The van der Waals surface area contributed by atoms with E-state index in [1.807, 2.05) is 0 Å². The monoisotopic (exact) mass is 385 g/mol. The van der Waals surface area contributed by atoms with Crippen LogP contribution in [0.2, 0.25) is 5.02 Å². The number of nitrogens with one attached hydrogen (secondary N) is 2. The van der Waals surface area contributed by atoms with Gasteiger partial charge < -0.3 is 16.4 Å². The Kier molecular flexibility index (Phi) is 6.72. The predicted octanol–water partition coefficient (Wildman–Crippen LogP) is 3.21. The third-order valence-corrected chi connectivity index (χ3v) is 5.82. The second-order valence-electron chi connectivity index (χ2n) is 6.96. The minimum Gasteiger partial charge on any atom is -0.355 e. The fourth-order valence-electron chi connectivity index (χ4n) is 4.16. The van der Waals surface area contributed by atoms with Crippen molar-refractivity contribution >= 4 is 41.5 Å². The summed E-state index contributed by atoms with van der Waals surface area (Å²) in [6, 6.07) is 5.22. The van der Waals surface area contributed by atoms with E-state index >= 15 is 0 Å². The third kappa shape index (κ3) is 4.27. The van der Waals surface area contributed by atoms with Gasteiger partial charge in [0.1, 0.15) is 0 Å². The van der Waals surface area contributed by atoms with Crippen LogP contribution in [0.15, 0.2) is 18.2 Å². The largest absolute Gasteiger partial charge is 0.355 e. The minimum atomic E-state index is -0.269. The molecule has 2 aliphatic carbocycles. The molecule has 0 aliphatic heterocycles. The van der Waals surface area contributed by atoms with Gasteiger partial charge in [-0.05, 0) is 55.7 Å². The van der Waals surface area contributed by atoms with Crippen molar-refractivity contribution in [2.24, 2.45) is 23.5 Å². The standard InChI is InChI=1S/C18H24ClN3O2.ClH/c1-21-18(24)14-9-13(5-6-15(14)19)22-17(23)12-7-10-3-2-4-11(8-12)16(10)20;/h5-6,9-12,16H,2-4,7-8,20H2,1H3,(H,21,24)(H,22,23);1H. The Hall–Kier alpha value is -1.30. The maximum atomic E-state index is 12.7. The van der Waals surface area contributed by atoms with Crippen LogP contribution >= 0.6 is 24.0 Å². The van der Waals surface area contributed by atoms with E-state index in [2.05, 4.69) is 10.6 Å². The molecule has 7 heteroatoms. The summed E-state index contributed by atoms with van der Waals surface area (Å²) in [6.45, 7) is 0. The maximum Gasteiger partial charge on any atom is 0.252 e. The number of carbonyl (C=O) groups excluding carboxylic acids is 2. The van der Waals surface area contributed by atoms with Crippen LogP contribution in [-0.2, 0) is 4.79 Å². The molecule has 2 saturated carbocycles. The first-order valence-electron chi connectivity index (χ1n) is 8.57. The fourth-order valence-corrected chi connectivity index (χ4v) is 4.36. The lowest BCUT2D eigenvalue weighted by atomic mass is 9.65. The lowest BCUT2D eigenvalue weighted by molar-refractivity contribution is -0.122. The lowest BCUT2D eigenvalue weighted by Crippen LogP contribution is -2.48. The van der Waals surface area contributed by atoms with Crippen LogP contribution in [0.5, 0.6) is 0 Å². The summed E-state index contributed by atoms with van der Waals surface area (Å²) in [5.41, 5.74) is 7.25. The highest BCUT2D eigenvalue weighted by Gasteiger charge is 2.40. The van der Waals surface area contributed by atoms with Gasteiger partial charge in [-0.3, -0.25) is 9.59 Å². The van der Waals surface area contributed by atoms with Crippen LogP contribution in [0.25, 0.3) is 0 Å². The molecule has 4 N–H and O–H groups in total. The topological polar surface area (TPSA) is 84.2 Å². The van der Waals surface area contributed by atoms with Crippen molar-refractivity contribution in [1.29, 1.82) is 0 Å². The van der Waals surface area contributed by atoms with Gasteiger partial charge in [0.15, 0.2) is 0 Å². The molecule has 3 rings (SSSR count). The number of nitrogens with two attached hydrogens (primary N) is 1. The SMILES string of the molecule is CNC(=O)c1cc(NC(=O)C2CC3CCCC(C2)C3N)ccc1Cl.Cl. The highest BCUT2D eigenvalue weighted by atomic mass is 35.5. The summed E-state index contributed by atoms with van der Waals surface area (Å²) in [5, 5.41) is 5.86. The van der Waals surface area contributed by atoms with Crippen LogP contribution in [0.4, 0.5) is 5.69 Å². The van der Waals surface area contributed by atoms with E-state index < -0.39 is 0 Å². The van der Waals surface area contributed by atoms with Gasteiger partial charge in [-0.2, -0.15) is 0 Å². The van der Waals surface area contributed by atoms with E-state index in [4.69, 9.17) is 17.3 Å². The molecule has 0 aromatic heterocycles. The van der Waals surface area contributed by atoms with E-state index in [9.17, 15) is 9.59 Å². The predicted molar refractivity (Wildman–Crippen MR) is 102 cm³/mol. The molecule has 5 nitrogen and oxygen atoms in total. The molecule has 2 amide bonds. The average Bonchev–Trinajstić information content (AvgIpc) is 2.55. The second-order valence-corrected chi connectivity index (χ2v) is 7.37. The third-order valence-electron chi connectivity index (χ3n) is 5.49. The van der Waals surface area contributed by atoms with Crippen molar-refractivity contribution in [3.05, 3.63) is 28.8 Å². The molecule has 0 spiro atoms. The highest BCUT2D eigenvalue weighted by molar-refractivity contribution is 6.34. The quantitative estimate of drug-likeness (QED) is 0.746. The number of rotatable bonds is 3. The Bertz CT molecular complexity index is 639. The van der Waals surface area contributed by atoms with Crippen molar-refractivity contribution in [2.75, 3.05) is 12.4 Å². The fraction of sp³-hybridized carbons (Fsp3) is 0.556. The maximum absolute atomic E-state index is 12.7. The number of hydrogen-bond donors (Lipinski definition) is 3. The number of halogens is 2. The Morgan fingerprint density at radius 1 is 1.20 bits per heavy atom. The van der Waals surface area contributed by atoms with Crippen LogP contribution in [0.3, 0.4) is 0 Å². The molecule has 1 aromatic rings. The van der Waals surface area contributed by atoms with Gasteiger partial charge in [-0.15, -0.1) is 12.4 Å². The Morgan fingerprint density at radius 2 is 1.84 bits per heavy atom. The van der Waals surface area contributed by atoms with E-state index in [0.29, 0.717) is 28.1 Å². The average molecular weight is 386 g/mol. The van der Waals surface area contributed by atoms with E-state index in [-0.39, 0.29) is 36.2 Å². The number of amides is 2. The van der Waals surface area contributed by atoms with E-state index in [1.54, 1.807) is 25.2 Å². The molecule has 0 heterocycles. The lowest BCUT2D eigenvalue weighted by Gasteiger charge is -2.43. The first-order chi connectivity index (χ1) is 11.5.